The zero-order chi connectivity index (χ0) is 11.4. The van der Waals surface area contributed by atoms with E-state index < -0.39 is 0 Å². The van der Waals surface area contributed by atoms with Crippen molar-refractivity contribution >= 4 is 24.0 Å². The van der Waals surface area contributed by atoms with Crippen molar-refractivity contribution in [3.8, 4) is 5.75 Å². The number of rotatable bonds is 3. The van der Waals surface area contributed by atoms with Crippen molar-refractivity contribution in [1.29, 1.82) is 0 Å². The van der Waals surface area contributed by atoms with Crippen LogP contribution in [0.1, 0.15) is 19.4 Å². The average molecular weight is 225 g/mol. The molecule has 0 aliphatic carbocycles. The lowest BCUT2D eigenvalue weighted by Gasteiger charge is -2.05. The molecule has 0 radical (unpaired) electrons. The van der Waals surface area contributed by atoms with E-state index in [4.69, 9.17) is 11.6 Å². The van der Waals surface area contributed by atoms with Crippen LogP contribution in [0.4, 0.5) is 0 Å². The number of benzene rings is 1. The Labute approximate surface area is 94.2 Å². The molecule has 0 fully saturated rings. The summed E-state index contributed by atoms with van der Waals surface area (Å²) in [6.45, 7) is 3.86. The number of hydrogen-bond acceptors (Lipinski definition) is 2. The first-order valence-electron chi connectivity index (χ1n) is 4.70. The van der Waals surface area contributed by atoms with E-state index in [0.717, 1.165) is 6.29 Å². The average Bonchev–Trinajstić information content (AvgIpc) is 2.19. The maximum Gasteiger partial charge on any atom is 0.146 e. The summed E-state index contributed by atoms with van der Waals surface area (Å²) < 4.78 is 0. The van der Waals surface area contributed by atoms with Crippen LogP contribution in [0.2, 0.25) is 5.02 Å². The number of carbonyl (C=O) groups excluding carboxylic acids is 1. The summed E-state index contributed by atoms with van der Waals surface area (Å²) in [7, 11) is 0. The lowest BCUT2D eigenvalue weighted by Crippen LogP contribution is -1.95. The fourth-order valence-corrected chi connectivity index (χ4v) is 1.35. The van der Waals surface area contributed by atoms with E-state index in [-0.39, 0.29) is 16.7 Å². The predicted octanol–water partition coefficient (Wildman–Crippen LogP) is 3.28. The van der Waals surface area contributed by atoms with Crippen molar-refractivity contribution in [2.75, 3.05) is 0 Å². The highest BCUT2D eigenvalue weighted by Crippen LogP contribution is 2.28. The van der Waals surface area contributed by atoms with Crippen molar-refractivity contribution in [2.24, 2.45) is 5.92 Å². The van der Waals surface area contributed by atoms with Crippen molar-refractivity contribution in [3.63, 3.8) is 0 Å². The Morgan fingerprint density at radius 3 is 2.67 bits per heavy atom. The molecule has 0 aromatic heterocycles. The first-order valence-corrected chi connectivity index (χ1v) is 5.08. The number of halogens is 1. The van der Waals surface area contributed by atoms with Gasteiger partial charge >= 0.3 is 0 Å². The van der Waals surface area contributed by atoms with Crippen LogP contribution in [0, 0.1) is 5.92 Å². The second-order valence-electron chi connectivity index (χ2n) is 3.60. The highest BCUT2D eigenvalue weighted by atomic mass is 35.5. The SMILES string of the molecule is CC(C)/C(C=O)=C/c1cccc(O)c1Cl. The molecule has 1 aromatic carbocycles. The van der Waals surface area contributed by atoms with Crippen molar-refractivity contribution in [2.45, 2.75) is 13.8 Å². The molecular formula is C12H13ClO2. The normalized spacial score (nSPS) is 11.9. The summed E-state index contributed by atoms with van der Waals surface area (Å²) >= 11 is 5.89. The predicted molar refractivity (Wildman–Crippen MR) is 62.0 cm³/mol. The molecule has 0 amide bonds. The first kappa shape index (κ1) is 11.8. The van der Waals surface area contributed by atoms with E-state index in [0.29, 0.717) is 11.1 Å². The standard InChI is InChI=1S/C12H13ClO2/c1-8(2)10(7-14)6-9-4-3-5-11(15)12(9)13/h3-8,15H,1-2H3/b10-6+. The molecule has 1 N–H and O–H groups in total. The summed E-state index contributed by atoms with van der Waals surface area (Å²) in [4.78, 5) is 10.8. The molecular weight excluding hydrogens is 212 g/mol. The third kappa shape index (κ3) is 2.83. The Morgan fingerprint density at radius 1 is 1.47 bits per heavy atom. The van der Waals surface area contributed by atoms with E-state index in [1.54, 1.807) is 18.2 Å². The monoisotopic (exact) mass is 224 g/mol. The molecule has 0 atom stereocenters. The number of phenolic OH excluding ortho intramolecular Hbond substituents is 1. The van der Waals surface area contributed by atoms with Crippen molar-refractivity contribution in [1.82, 2.24) is 0 Å². The van der Waals surface area contributed by atoms with Gasteiger partial charge in [-0.25, -0.2) is 0 Å². The summed E-state index contributed by atoms with van der Waals surface area (Å²) in [5.41, 5.74) is 1.31. The minimum atomic E-state index is 0.0272. The minimum Gasteiger partial charge on any atom is -0.506 e. The van der Waals surface area contributed by atoms with Crippen LogP contribution in [0.15, 0.2) is 23.8 Å². The van der Waals surface area contributed by atoms with Gasteiger partial charge in [0.2, 0.25) is 0 Å². The molecule has 3 heteroatoms. The molecule has 0 heterocycles. The van der Waals surface area contributed by atoms with Gasteiger partial charge in [0, 0.05) is 0 Å². The van der Waals surface area contributed by atoms with E-state index in [1.807, 2.05) is 13.8 Å². The van der Waals surface area contributed by atoms with Gasteiger partial charge in [-0.2, -0.15) is 0 Å². The van der Waals surface area contributed by atoms with Gasteiger partial charge in [0.1, 0.15) is 12.0 Å². The summed E-state index contributed by atoms with van der Waals surface area (Å²) in [6.07, 6.45) is 2.50. The molecule has 0 saturated heterocycles. The van der Waals surface area contributed by atoms with Gasteiger partial charge < -0.3 is 5.11 Å². The molecule has 0 bridgehead atoms. The minimum absolute atomic E-state index is 0.0272. The van der Waals surface area contributed by atoms with E-state index in [1.165, 1.54) is 6.07 Å². The Bertz CT molecular complexity index is 395. The van der Waals surface area contributed by atoms with Crippen LogP contribution >= 0.6 is 11.6 Å². The number of hydrogen-bond donors (Lipinski definition) is 1. The summed E-state index contributed by atoms with van der Waals surface area (Å²) in [6, 6.07) is 4.96. The Kier molecular flexibility index (Phi) is 3.92. The topological polar surface area (TPSA) is 37.3 Å². The van der Waals surface area contributed by atoms with Gasteiger partial charge in [-0.05, 0) is 29.2 Å². The van der Waals surface area contributed by atoms with Crippen LogP contribution < -0.4 is 0 Å². The van der Waals surface area contributed by atoms with Crippen molar-refractivity contribution < 1.29 is 9.90 Å². The number of aldehydes is 1. The molecule has 0 aliphatic rings. The lowest BCUT2D eigenvalue weighted by molar-refractivity contribution is -0.105. The van der Waals surface area contributed by atoms with Gasteiger partial charge in [-0.1, -0.05) is 37.6 Å². The maximum atomic E-state index is 10.8. The van der Waals surface area contributed by atoms with Gasteiger partial charge in [0.05, 0.1) is 5.02 Å². The number of aromatic hydroxyl groups is 1. The highest BCUT2D eigenvalue weighted by Gasteiger charge is 2.06. The molecule has 1 aromatic rings. The zero-order valence-corrected chi connectivity index (χ0v) is 9.45. The third-order valence-corrected chi connectivity index (χ3v) is 2.54. The second kappa shape index (κ2) is 4.99. The van der Waals surface area contributed by atoms with Crippen molar-refractivity contribution in [3.05, 3.63) is 34.4 Å². The van der Waals surface area contributed by atoms with Crippen LogP contribution in [0.25, 0.3) is 6.08 Å². The molecule has 0 unspecified atom stereocenters. The summed E-state index contributed by atoms with van der Waals surface area (Å²) in [5.74, 6) is 0.167. The number of phenols is 1. The molecule has 2 nitrogen and oxygen atoms in total. The van der Waals surface area contributed by atoms with Crippen LogP contribution in [-0.2, 0) is 4.79 Å². The Balaban J connectivity index is 3.17. The maximum absolute atomic E-state index is 10.8. The number of carbonyl (C=O) groups is 1. The van der Waals surface area contributed by atoms with Gasteiger partial charge in [0.15, 0.2) is 0 Å². The van der Waals surface area contributed by atoms with Gasteiger partial charge in [0.25, 0.3) is 0 Å². The van der Waals surface area contributed by atoms with E-state index >= 15 is 0 Å². The molecule has 0 aliphatic heterocycles. The fourth-order valence-electron chi connectivity index (χ4n) is 1.16. The Hall–Kier alpha value is -1.28. The molecule has 1 rings (SSSR count). The molecule has 0 saturated carbocycles. The Morgan fingerprint density at radius 2 is 2.13 bits per heavy atom. The second-order valence-corrected chi connectivity index (χ2v) is 3.98. The van der Waals surface area contributed by atoms with E-state index in [2.05, 4.69) is 0 Å². The van der Waals surface area contributed by atoms with Crippen LogP contribution in [0.5, 0.6) is 5.75 Å². The highest BCUT2D eigenvalue weighted by molar-refractivity contribution is 6.33. The number of allylic oxidation sites excluding steroid dienone is 1. The summed E-state index contributed by atoms with van der Waals surface area (Å²) in [5, 5.41) is 9.65. The molecule has 15 heavy (non-hydrogen) atoms. The van der Waals surface area contributed by atoms with Gasteiger partial charge in [-0.3, -0.25) is 4.79 Å². The fraction of sp³-hybridized carbons (Fsp3) is 0.250. The smallest absolute Gasteiger partial charge is 0.146 e. The largest absolute Gasteiger partial charge is 0.506 e. The van der Waals surface area contributed by atoms with Crippen LogP contribution in [-0.4, -0.2) is 11.4 Å². The molecule has 0 spiro atoms. The third-order valence-electron chi connectivity index (χ3n) is 2.13. The first-order chi connectivity index (χ1) is 7.06. The van der Waals surface area contributed by atoms with E-state index in [9.17, 15) is 9.90 Å². The zero-order valence-electron chi connectivity index (χ0n) is 8.70. The van der Waals surface area contributed by atoms with Gasteiger partial charge in [-0.15, -0.1) is 0 Å². The quantitative estimate of drug-likeness (QED) is 0.632. The lowest BCUT2D eigenvalue weighted by atomic mass is 10.0. The molecule has 80 valence electrons. The van der Waals surface area contributed by atoms with Crippen LogP contribution in [0.3, 0.4) is 0 Å².